The zero-order valence-corrected chi connectivity index (χ0v) is 8.53. The molecule has 0 bridgehead atoms. The van der Waals surface area contributed by atoms with Crippen molar-refractivity contribution in [1.29, 1.82) is 0 Å². The largest absolute Gasteiger partial charge is 0.370 e. The number of H-pyrrole nitrogens is 1. The van der Waals surface area contributed by atoms with Crippen molar-refractivity contribution in [2.45, 2.75) is 12.5 Å². The average molecular weight is 221 g/mol. The molecule has 5 heteroatoms. The van der Waals surface area contributed by atoms with E-state index in [1.807, 2.05) is 0 Å². The Kier molecular flexibility index (Phi) is 2.62. The van der Waals surface area contributed by atoms with Crippen molar-refractivity contribution in [2.75, 3.05) is 0 Å². The third kappa shape index (κ3) is 1.90. The van der Waals surface area contributed by atoms with E-state index in [1.165, 1.54) is 12.1 Å². The minimum atomic E-state index is -0.506. The molecule has 2 rings (SSSR count). The summed E-state index contributed by atoms with van der Waals surface area (Å²) in [4.78, 5) is 13.7. The molecule has 1 atom stereocenters. The van der Waals surface area contributed by atoms with Gasteiger partial charge in [-0.05, 0) is 23.8 Å². The van der Waals surface area contributed by atoms with Gasteiger partial charge in [-0.25, -0.2) is 4.39 Å². The topological polar surface area (TPSA) is 84.9 Å². The van der Waals surface area contributed by atoms with Gasteiger partial charge in [0.1, 0.15) is 5.82 Å². The average Bonchev–Trinajstić information content (AvgIpc) is 2.59. The van der Waals surface area contributed by atoms with Crippen LogP contribution in [0.4, 0.5) is 4.39 Å². The molecule has 0 aliphatic heterocycles. The van der Waals surface area contributed by atoms with Gasteiger partial charge < -0.3 is 16.5 Å². The zero-order chi connectivity index (χ0) is 11.7. The molecule has 4 nitrogen and oxygen atoms in total. The highest BCUT2D eigenvalue weighted by molar-refractivity contribution is 5.84. The van der Waals surface area contributed by atoms with Gasteiger partial charge in [0.15, 0.2) is 0 Å². The maximum atomic E-state index is 13.1. The van der Waals surface area contributed by atoms with E-state index in [0.29, 0.717) is 10.9 Å². The van der Waals surface area contributed by atoms with Crippen molar-refractivity contribution in [3.8, 4) is 0 Å². The Labute approximate surface area is 91.4 Å². The molecule has 0 radical (unpaired) electrons. The first-order valence-electron chi connectivity index (χ1n) is 4.88. The minimum Gasteiger partial charge on any atom is -0.370 e. The number of aromatic amines is 1. The van der Waals surface area contributed by atoms with Crippen LogP contribution in [0.25, 0.3) is 10.9 Å². The van der Waals surface area contributed by atoms with Crippen LogP contribution < -0.4 is 11.5 Å². The summed E-state index contributed by atoms with van der Waals surface area (Å²) < 4.78 is 13.1. The number of benzene rings is 1. The summed E-state index contributed by atoms with van der Waals surface area (Å²) in [7, 11) is 0. The first-order chi connectivity index (χ1) is 7.58. The molecule has 5 N–H and O–H groups in total. The number of nitrogens with one attached hydrogen (secondary N) is 1. The predicted molar refractivity (Wildman–Crippen MR) is 59.0 cm³/mol. The fraction of sp³-hybridized carbons (Fsp3) is 0.182. The van der Waals surface area contributed by atoms with Gasteiger partial charge in [0.2, 0.25) is 5.91 Å². The Morgan fingerprint density at radius 1 is 1.50 bits per heavy atom. The van der Waals surface area contributed by atoms with E-state index in [9.17, 15) is 9.18 Å². The van der Waals surface area contributed by atoms with Gasteiger partial charge in [-0.1, -0.05) is 0 Å². The number of hydrogen-bond acceptors (Lipinski definition) is 2. The van der Waals surface area contributed by atoms with Crippen LogP contribution in [0.1, 0.15) is 18.0 Å². The lowest BCUT2D eigenvalue weighted by Crippen LogP contribution is -2.20. The summed E-state index contributed by atoms with van der Waals surface area (Å²) in [6, 6.07) is 3.88. The SMILES string of the molecule is NC(=O)CC(N)c1c[nH]c2ccc(F)cc12. The van der Waals surface area contributed by atoms with Crippen LogP contribution in [-0.2, 0) is 4.79 Å². The maximum absolute atomic E-state index is 13.1. The van der Waals surface area contributed by atoms with Crippen LogP contribution in [0.2, 0.25) is 0 Å². The van der Waals surface area contributed by atoms with Crippen LogP contribution >= 0.6 is 0 Å². The number of carbonyl (C=O) groups is 1. The number of amides is 1. The van der Waals surface area contributed by atoms with Gasteiger partial charge in [0.25, 0.3) is 0 Å². The van der Waals surface area contributed by atoms with Crippen LogP contribution in [0.15, 0.2) is 24.4 Å². The summed E-state index contributed by atoms with van der Waals surface area (Å²) in [6.07, 6.45) is 1.72. The lowest BCUT2D eigenvalue weighted by molar-refractivity contribution is -0.118. The summed E-state index contributed by atoms with van der Waals surface area (Å²) in [5.74, 6) is -0.808. The fourth-order valence-corrected chi connectivity index (χ4v) is 1.75. The van der Waals surface area contributed by atoms with Crippen molar-refractivity contribution in [3.63, 3.8) is 0 Å². The number of halogens is 1. The lowest BCUT2D eigenvalue weighted by Gasteiger charge is -2.07. The van der Waals surface area contributed by atoms with Gasteiger partial charge in [0.05, 0.1) is 0 Å². The maximum Gasteiger partial charge on any atom is 0.219 e. The van der Waals surface area contributed by atoms with Crippen LogP contribution in [0, 0.1) is 5.82 Å². The molecule has 1 aromatic carbocycles. The minimum absolute atomic E-state index is 0.0451. The highest BCUT2D eigenvalue weighted by Crippen LogP contribution is 2.25. The van der Waals surface area contributed by atoms with Gasteiger partial charge in [0, 0.05) is 29.6 Å². The Balaban J connectivity index is 2.44. The standard InChI is InChI=1S/C11H12FN3O/c12-6-1-2-10-7(3-6)8(5-15-10)9(13)4-11(14)16/h1-3,5,9,15H,4,13H2,(H2,14,16). The summed E-state index contributed by atoms with van der Waals surface area (Å²) in [5, 5.41) is 0.689. The Hall–Kier alpha value is -1.88. The Morgan fingerprint density at radius 3 is 2.94 bits per heavy atom. The van der Waals surface area contributed by atoms with Crippen molar-refractivity contribution in [1.82, 2.24) is 4.98 Å². The number of hydrogen-bond donors (Lipinski definition) is 3. The normalized spacial score (nSPS) is 12.9. The number of nitrogens with two attached hydrogens (primary N) is 2. The van der Waals surface area contributed by atoms with Gasteiger partial charge >= 0.3 is 0 Å². The summed E-state index contributed by atoms with van der Waals surface area (Å²) in [5.41, 5.74) is 12.4. The van der Waals surface area contributed by atoms with E-state index < -0.39 is 11.9 Å². The van der Waals surface area contributed by atoms with E-state index >= 15 is 0 Å². The third-order valence-corrected chi connectivity index (χ3v) is 2.50. The first-order valence-corrected chi connectivity index (χ1v) is 4.88. The second-order valence-corrected chi connectivity index (χ2v) is 3.71. The molecule has 0 aliphatic rings. The van der Waals surface area contributed by atoms with Gasteiger partial charge in [-0.3, -0.25) is 4.79 Å². The smallest absolute Gasteiger partial charge is 0.219 e. The highest BCUT2D eigenvalue weighted by atomic mass is 19.1. The molecule has 0 fully saturated rings. The van der Waals surface area contributed by atoms with E-state index in [4.69, 9.17) is 11.5 Å². The predicted octanol–water partition coefficient (Wildman–Crippen LogP) is 1.18. The van der Waals surface area contributed by atoms with Crippen molar-refractivity contribution < 1.29 is 9.18 Å². The Bertz CT molecular complexity index is 535. The summed E-state index contributed by atoms with van der Waals surface area (Å²) >= 11 is 0. The fourth-order valence-electron chi connectivity index (χ4n) is 1.75. The van der Waals surface area contributed by atoms with Crippen molar-refractivity contribution >= 4 is 16.8 Å². The second kappa shape index (κ2) is 3.94. The molecule has 0 aliphatic carbocycles. The monoisotopic (exact) mass is 221 g/mol. The molecular weight excluding hydrogens is 209 g/mol. The van der Waals surface area contributed by atoms with Crippen molar-refractivity contribution in [3.05, 3.63) is 35.8 Å². The van der Waals surface area contributed by atoms with E-state index in [0.717, 1.165) is 5.52 Å². The second-order valence-electron chi connectivity index (χ2n) is 3.71. The third-order valence-electron chi connectivity index (χ3n) is 2.50. The molecule has 16 heavy (non-hydrogen) atoms. The molecule has 1 unspecified atom stereocenters. The molecule has 0 saturated carbocycles. The number of carbonyl (C=O) groups excluding carboxylic acids is 1. The molecule has 0 saturated heterocycles. The molecule has 2 aromatic rings. The number of fused-ring (bicyclic) bond motifs is 1. The van der Waals surface area contributed by atoms with E-state index in [1.54, 1.807) is 12.3 Å². The van der Waals surface area contributed by atoms with Gasteiger partial charge in [-0.15, -0.1) is 0 Å². The summed E-state index contributed by atoms with van der Waals surface area (Å²) in [6.45, 7) is 0. The first kappa shape index (κ1) is 10.6. The number of primary amides is 1. The number of rotatable bonds is 3. The van der Waals surface area contributed by atoms with Gasteiger partial charge in [-0.2, -0.15) is 0 Å². The Morgan fingerprint density at radius 2 is 2.25 bits per heavy atom. The zero-order valence-electron chi connectivity index (χ0n) is 8.53. The molecule has 1 amide bonds. The molecule has 1 heterocycles. The molecular formula is C11H12FN3O. The molecule has 1 aromatic heterocycles. The lowest BCUT2D eigenvalue weighted by atomic mass is 10.0. The van der Waals surface area contributed by atoms with E-state index in [-0.39, 0.29) is 12.2 Å². The van der Waals surface area contributed by atoms with Crippen LogP contribution in [-0.4, -0.2) is 10.9 Å². The van der Waals surface area contributed by atoms with Crippen molar-refractivity contribution in [2.24, 2.45) is 11.5 Å². The molecule has 84 valence electrons. The van der Waals surface area contributed by atoms with Crippen LogP contribution in [0.3, 0.4) is 0 Å². The highest BCUT2D eigenvalue weighted by Gasteiger charge is 2.14. The van der Waals surface area contributed by atoms with Crippen LogP contribution in [0.5, 0.6) is 0 Å². The quantitative estimate of drug-likeness (QED) is 0.727. The van der Waals surface area contributed by atoms with E-state index in [2.05, 4.69) is 4.98 Å². The molecule has 0 spiro atoms. The number of aromatic nitrogens is 1.